The normalized spacial score (nSPS) is 13.3. The van der Waals surface area contributed by atoms with Crippen LogP contribution in [0.25, 0.3) is 10.9 Å². The zero-order chi connectivity index (χ0) is 15.8. The van der Waals surface area contributed by atoms with Crippen LogP contribution in [-0.4, -0.2) is 17.5 Å². The highest BCUT2D eigenvalue weighted by atomic mass is 16.5. The molecule has 0 atom stereocenters. The summed E-state index contributed by atoms with van der Waals surface area (Å²) < 4.78 is 5.54. The van der Waals surface area contributed by atoms with Gasteiger partial charge in [-0.1, -0.05) is 30.3 Å². The van der Waals surface area contributed by atoms with E-state index in [9.17, 15) is 9.59 Å². The van der Waals surface area contributed by atoms with Crippen LogP contribution in [0.2, 0.25) is 0 Å². The van der Waals surface area contributed by atoms with E-state index in [1.54, 1.807) is 6.07 Å². The Labute approximate surface area is 131 Å². The van der Waals surface area contributed by atoms with Gasteiger partial charge in [0, 0.05) is 23.1 Å². The van der Waals surface area contributed by atoms with Crippen LogP contribution in [-0.2, 0) is 11.2 Å². The van der Waals surface area contributed by atoms with Crippen molar-refractivity contribution < 1.29 is 9.53 Å². The van der Waals surface area contributed by atoms with Crippen LogP contribution < -0.4 is 15.6 Å². The second kappa shape index (κ2) is 5.28. The number of rotatable bonds is 2. The number of amides is 1. The van der Waals surface area contributed by atoms with E-state index in [4.69, 9.17) is 4.74 Å². The lowest BCUT2D eigenvalue weighted by Crippen LogP contribution is -2.26. The topological polar surface area (TPSA) is 71.2 Å². The minimum Gasteiger partial charge on any atom is -0.481 e. The first-order chi connectivity index (χ1) is 11.2. The number of aromatic amines is 1. The van der Waals surface area contributed by atoms with E-state index in [1.165, 1.54) is 0 Å². The minimum absolute atomic E-state index is 0.00189. The summed E-state index contributed by atoms with van der Waals surface area (Å²) in [6.45, 7) is -0.00189. The van der Waals surface area contributed by atoms with Gasteiger partial charge >= 0.3 is 0 Å². The van der Waals surface area contributed by atoms with Gasteiger partial charge in [0.1, 0.15) is 5.75 Å². The van der Waals surface area contributed by atoms with Crippen molar-refractivity contribution in [1.29, 1.82) is 0 Å². The van der Waals surface area contributed by atoms with Crippen LogP contribution in [0.5, 0.6) is 5.75 Å². The summed E-state index contributed by atoms with van der Waals surface area (Å²) in [4.78, 5) is 26.6. The molecule has 1 aromatic heterocycles. The number of pyridine rings is 1. The molecule has 2 N–H and O–H groups in total. The number of aromatic nitrogens is 1. The Hall–Kier alpha value is -3.08. The number of carbonyl (C=O) groups is 1. The summed E-state index contributed by atoms with van der Waals surface area (Å²) in [6, 6.07) is 15.1. The fourth-order valence-corrected chi connectivity index (χ4v) is 2.85. The van der Waals surface area contributed by atoms with Gasteiger partial charge in [-0.05, 0) is 23.6 Å². The van der Waals surface area contributed by atoms with E-state index in [2.05, 4.69) is 10.3 Å². The number of hydrogen-bond acceptors (Lipinski definition) is 3. The maximum atomic E-state index is 12.3. The Morgan fingerprint density at radius 2 is 1.87 bits per heavy atom. The first kappa shape index (κ1) is 13.6. The third kappa shape index (κ3) is 2.46. The standard InChI is InChI=1S/C18H14N2O3/c21-16-10-23-17-12(5-3-7-15(17)19-16)9-13-8-11-4-1-2-6-14(11)20-18(13)22/h1-8H,9-10H2,(H,19,21)(H,20,22). The van der Waals surface area contributed by atoms with Crippen molar-refractivity contribution in [3.63, 3.8) is 0 Å². The molecule has 0 saturated carbocycles. The predicted octanol–water partition coefficient (Wildman–Crippen LogP) is 2.45. The molecule has 1 aliphatic heterocycles. The summed E-state index contributed by atoms with van der Waals surface area (Å²) in [7, 11) is 0. The van der Waals surface area contributed by atoms with E-state index in [-0.39, 0.29) is 18.1 Å². The number of carbonyl (C=O) groups excluding carboxylic acids is 1. The molecule has 0 spiro atoms. The number of nitrogens with one attached hydrogen (secondary N) is 2. The molecule has 2 heterocycles. The summed E-state index contributed by atoms with van der Waals surface area (Å²) in [5.41, 5.74) is 2.90. The monoisotopic (exact) mass is 306 g/mol. The number of benzene rings is 2. The van der Waals surface area contributed by atoms with Gasteiger partial charge in [0.25, 0.3) is 11.5 Å². The van der Waals surface area contributed by atoms with Crippen LogP contribution in [0.15, 0.2) is 53.3 Å². The summed E-state index contributed by atoms with van der Waals surface area (Å²) in [5, 5.41) is 3.77. The molecule has 0 bridgehead atoms. The van der Waals surface area contributed by atoms with Crippen molar-refractivity contribution >= 4 is 22.5 Å². The van der Waals surface area contributed by atoms with Gasteiger partial charge in [-0.3, -0.25) is 9.59 Å². The average molecular weight is 306 g/mol. The Bertz CT molecular complexity index is 975. The Morgan fingerprint density at radius 1 is 1.00 bits per heavy atom. The van der Waals surface area contributed by atoms with Gasteiger partial charge in [0.2, 0.25) is 0 Å². The zero-order valence-corrected chi connectivity index (χ0v) is 12.3. The molecule has 5 nitrogen and oxygen atoms in total. The van der Waals surface area contributed by atoms with Crippen LogP contribution in [0, 0.1) is 0 Å². The summed E-state index contributed by atoms with van der Waals surface area (Å²) in [6.07, 6.45) is 0.444. The highest BCUT2D eigenvalue weighted by molar-refractivity contribution is 5.95. The fourth-order valence-electron chi connectivity index (χ4n) is 2.85. The van der Waals surface area contributed by atoms with Crippen molar-refractivity contribution in [2.24, 2.45) is 0 Å². The number of hydrogen-bond donors (Lipinski definition) is 2. The van der Waals surface area contributed by atoms with Crippen molar-refractivity contribution in [1.82, 2.24) is 4.98 Å². The molecular formula is C18H14N2O3. The van der Waals surface area contributed by atoms with Crippen LogP contribution in [0.3, 0.4) is 0 Å². The SMILES string of the molecule is O=C1COc2c(Cc3cc4ccccc4[nH]c3=O)cccc2N1. The zero-order valence-electron chi connectivity index (χ0n) is 12.3. The first-order valence-corrected chi connectivity index (χ1v) is 7.36. The molecule has 2 aromatic carbocycles. The Kier molecular flexibility index (Phi) is 3.12. The van der Waals surface area contributed by atoms with E-state index >= 15 is 0 Å². The molecule has 0 unspecified atom stereocenters. The molecule has 0 saturated heterocycles. The third-order valence-electron chi connectivity index (χ3n) is 3.93. The number of H-pyrrole nitrogens is 1. The second-order valence-corrected chi connectivity index (χ2v) is 5.52. The number of fused-ring (bicyclic) bond motifs is 2. The molecular weight excluding hydrogens is 292 g/mol. The van der Waals surface area contributed by atoms with Crippen molar-refractivity contribution in [3.8, 4) is 5.75 Å². The highest BCUT2D eigenvalue weighted by Gasteiger charge is 2.19. The molecule has 23 heavy (non-hydrogen) atoms. The molecule has 0 fully saturated rings. The average Bonchev–Trinajstić information content (AvgIpc) is 2.55. The quantitative estimate of drug-likeness (QED) is 0.764. The Morgan fingerprint density at radius 3 is 2.78 bits per heavy atom. The molecule has 4 rings (SSSR count). The highest BCUT2D eigenvalue weighted by Crippen LogP contribution is 2.32. The van der Waals surface area contributed by atoms with Gasteiger partial charge in [-0.15, -0.1) is 0 Å². The predicted molar refractivity (Wildman–Crippen MR) is 87.9 cm³/mol. The van der Waals surface area contributed by atoms with Crippen molar-refractivity contribution in [3.05, 3.63) is 70.0 Å². The van der Waals surface area contributed by atoms with Crippen molar-refractivity contribution in [2.75, 3.05) is 11.9 Å². The van der Waals surface area contributed by atoms with Gasteiger partial charge in [-0.25, -0.2) is 0 Å². The number of para-hydroxylation sites is 2. The maximum Gasteiger partial charge on any atom is 0.262 e. The second-order valence-electron chi connectivity index (χ2n) is 5.52. The maximum absolute atomic E-state index is 12.3. The van der Waals surface area contributed by atoms with Gasteiger partial charge in [0.05, 0.1) is 5.69 Å². The number of anilines is 1. The van der Waals surface area contributed by atoms with Crippen LogP contribution >= 0.6 is 0 Å². The lowest BCUT2D eigenvalue weighted by atomic mass is 10.0. The number of ether oxygens (including phenoxy) is 1. The van der Waals surface area contributed by atoms with Crippen LogP contribution in [0.4, 0.5) is 5.69 Å². The van der Waals surface area contributed by atoms with E-state index < -0.39 is 0 Å². The molecule has 5 heteroatoms. The molecule has 3 aromatic rings. The Balaban J connectivity index is 1.77. The largest absolute Gasteiger partial charge is 0.481 e. The fraction of sp³-hybridized carbons (Fsp3) is 0.111. The van der Waals surface area contributed by atoms with Gasteiger partial charge < -0.3 is 15.0 Å². The van der Waals surface area contributed by atoms with E-state index in [0.717, 1.165) is 16.5 Å². The molecule has 0 aliphatic carbocycles. The molecule has 114 valence electrons. The molecule has 0 radical (unpaired) electrons. The van der Waals surface area contributed by atoms with E-state index in [0.29, 0.717) is 23.4 Å². The first-order valence-electron chi connectivity index (χ1n) is 7.36. The summed E-state index contributed by atoms with van der Waals surface area (Å²) >= 11 is 0. The minimum atomic E-state index is -0.168. The van der Waals surface area contributed by atoms with Crippen LogP contribution in [0.1, 0.15) is 11.1 Å². The lowest BCUT2D eigenvalue weighted by molar-refractivity contribution is -0.118. The molecule has 1 aliphatic rings. The summed E-state index contributed by atoms with van der Waals surface area (Å²) in [5.74, 6) is 0.470. The molecule has 1 amide bonds. The van der Waals surface area contributed by atoms with Gasteiger partial charge in [-0.2, -0.15) is 0 Å². The lowest BCUT2D eigenvalue weighted by Gasteiger charge is -2.20. The van der Waals surface area contributed by atoms with E-state index in [1.807, 2.05) is 42.5 Å². The van der Waals surface area contributed by atoms with Gasteiger partial charge in [0.15, 0.2) is 6.61 Å². The smallest absolute Gasteiger partial charge is 0.262 e. The van der Waals surface area contributed by atoms with Crippen molar-refractivity contribution in [2.45, 2.75) is 6.42 Å². The third-order valence-corrected chi connectivity index (χ3v) is 3.93.